The van der Waals surface area contributed by atoms with Gasteiger partial charge >= 0.3 is 0 Å². The second-order valence-corrected chi connectivity index (χ2v) is 6.67. The first-order valence-corrected chi connectivity index (χ1v) is 8.24. The Morgan fingerprint density at radius 3 is 3.00 bits per heavy atom. The maximum absolute atomic E-state index is 11.9. The van der Waals surface area contributed by atoms with Crippen LogP contribution in [0.25, 0.3) is 10.7 Å². The molecule has 0 unspecified atom stereocenters. The third kappa shape index (κ3) is 3.09. The van der Waals surface area contributed by atoms with E-state index in [1.807, 2.05) is 11.4 Å². The van der Waals surface area contributed by atoms with Crippen molar-refractivity contribution in [3.63, 3.8) is 0 Å². The van der Waals surface area contributed by atoms with Crippen molar-refractivity contribution in [2.24, 2.45) is 5.92 Å². The number of nitrogens with zero attached hydrogens (tertiary/aromatic N) is 2. The van der Waals surface area contributed by atoms with E-state index < -0.39 is 0 Å². The normalized spacial score (nSPS) is 15.7. The molecule has 2 aromatic heterocycles. The molecule has 0 bridgehead atoms. The van der Waals surface area contributed by atoms with Crippen LogP contribution in [-0.2, 0) is 11.3 Å². The molecule has 1 fully saturated rings. The third-order valence-electron chi connectivity index (χ3n) is 3.40. The monoisotopic (exact) mass is 355 g/mol. The summed E-state index contributed by atoms with van der Waals surface area (Å²) in [5.74, 6) is 1.26. The molecule has 0 aromatic carbocycles. The van der Waals surface area contributed by atoms with Gasteiger partial charge in [-0.2, -0.15) is 4.98 Å². The Balaban J connectivity index is 1.58. The Labute approximate surface area is 128 Å². The van der Waals surface area contributed by atoms with Crippen LogP contribution in [0.5, 0.6) is 0 Å². The van der Waals surface area contributed by atoms with Gasteiger partial charge < -0.3 is 9.84 Å². The first-order valence-electron chi connectivity index (χ1n) is 6.57. The van der Waals surface area contributed by atoms with Gasteiger partial charge in [-0.15, -0.1) is 11.3 Å². The molecule has 0 atom stereocenters. The summed E-state index contributed by atoms with van der Waals surface area (Å²) in [6, 6.07) is 1.94. The number of aromatic nitrogens is 2. The number of carbonyl (C=O) groups excluding carboxylic acids is 1. The molecule has 1 amide bonds. The second-order valence-electron chi connectivity index (χ2n) is 4.84. The molecule has 1 aliphatic carbocycles. The summed E-state index contributed by atoms with van der Waals surface area (Å²) in [5.41, 5.74) is 0. The van der Waals surface area contributed by atoms with Crippen molar-refractivity contribution in [1.29, 1.82) is 0 Å². The SMILES string of the molecule is O=C(NCc1nc(-c2cc(Br)cs2)no1)C1CCCC1. The molecular formula is C13H14BrN3O2S. The van der Waals surface area contributed by atoms with Crippen LogP contribution in [0.3, 0.4) is 0 Å². The molecule has 0 spiro atoms. The minimum atomic E-state index is 0.0983. The summed E-state index contributed by atoms with van der Waals surface area (Å²) in [7, 11) is 0. The summed E-state index contributed by atoms with van der Waals surface area (Å²) in [6.45, 7) is 0.300. The van der Waals surface area contributed by atoms with Crippen LogP contribution in [0.4, 0.5) is 0 Å². The molecule has 106 valence electrons. The molecule has 7 heteroatoms. The Kier molecular flexibility index (Phi) is 4.16. The smallest absolute Gasteiger partial charge is 0.246 e. The summed E-state index contributed by atoms with van der Waals surface area (Å²) < 4.78 is 6.16. The van der Waals surface area contributed by atoms with E-state index in [4.69, 9.17) is 4.52 Å². The van der Waals surface area contributed by atoms with E-state index in [0.29, 0.717) is 18.3 Å². The fourth-order valence-corrected chi connectivity index (χ4v) is 3.70. The van der Waals surface area contributed by atoms with Gasteiger partial charge in [0, 0.05) is 15.8 Å². The molecule has 0 radical (unpaired) electrons. The van der Waals surface area contributed by atoms with E-state index >= 15 is 0 Å². The number of thiophene rings is 1. The molecule has 3 rings (SSSR count). The summed E-state index contributed by atoms with van der Waals surface area (Å²) in [4.78, 5) is 17.1. The van der Waals surface area contributed by atoms with Gasteiger partial charge in [0.1, 0.15) is 0 Å². The van der Waals surface area contributed by atoms with E-state index in [1.54, 1.807) is 11.3 Å². The van der Waals surface area contributed by atoms with Gasteiger partial charge in [-0.3, -0.25) is 4.79 Å². The van der Waals surface area contributed by atoms with Crippen molar-refractivity contribution in [3.05, 3.63) is 21.8 Å². The minimum absolute atomic E-state index is 0.0983. The zero-order valence-corrected chi connectivity index (χ0v) is 13.2. The molecule has 2 heterocycles. The lowest BCUT2D eigenvalue weighted by atomic mass is 10.1. The average Bonchev–Trinajstić information content (AvgIpc) is 3.16. The van der Waals surface area contributed by atoms with Gasteiger partial charge in [-0.1, -0.05) is 18.0 Å². The summed E-state index contributed by atoms with van der Waals surface area (Å²) in [6.07, 6.45) is 4.28. The fourth-order valence-electron chi connectivity index (χ4n) is 2.35. The Morgan fingerprint density at radius 1 is 1.50 bits per heavy atom. The highest BCUT2D eigenvalue weighted by molar-refractivity contribution is 9.10. The van der Waals surface area contributed by atoms with Crippen molar-refractivity contribution in [3.8, 4) is 10.7 Å². The molecule has 1 aliphatic rings. The quantitative estimate of drug-likeness (QED) is 0.912. The van der Waals surface area contributed by atoms with Gasteiger partial charge in [0.2, 0.25) is 17.6 Å². The number of hydrogen-bond donors (Lipinski definition) is 1. The maximum atomic E-state index is 11.9. The van der Waals surface area contributed by atoms with Crippen molar-refractivity contribution in [2.75, 3.05) is 0 Å². The lowest BCUT2D eigenvalue weighted by molar-refractivity contribution is -0.125. The second kappa shape index (κ2) is 6.05. The van der Waals surface area contributed by atoms with Crippen LogP contribution in [0, 0.1) is 5.92 Å². The minimum Gasteiger partial charge on any atom is -0.347 e. The lowest BCUT2D eigenvalue weighted by Gasteiger charge is -2.07. The van der Waals surface area contributed by atoms with E-state index in [1.165, 1.54) is 0 Å². The molecule has 0 saturated heterocycles. The molecular weight excluding hydrogens is 342 g/mol. The van der Waals surface area contributed by atoms with Gasteiger partial charge in [0.25, 0.3) is 0 Å². The Morgan fingerprint density at radius 2 is 2.30 bits per heavy atom. The highest BCUT2D eigenvalue weighted by atomic mass is 79.9. The van der Waals surface area contributed by atoms with Crippen molar-refractivity contribution in [1.82, 2.24) is 15.5 Å². The number of carbonyl (C=O) groups is 1. The van der Waals surface area contributed by atoms with E-state index in [2.05, 4.69) is 31.4 Å². The zero-order valence-electron chi connectivity index (χ0n) is 10.8. The van der Waals surface area contributed by atoms with Gasteiger partial charge in [-0.05, 0) is 34.8 Å². The number of nitrogens with one attached hydrogen (secondary N) is 1. The van der Waals surface area contributed by atoms with Gasteiger partial charge in [0.15, 0.2) is 0 Å². The van der Waals surface area contributed by atoms with Crippen LogP contribution in [-0.4, -0.2) is 16.0 Å². The molecule has 5 nitrogen and oxygen atoms in total. The topological polar surface area (TPSA) is 68.0 Å². The van der Waals surface area contributed by atoms with E-state index in [9.17, 15) is 4.79 Å². The molecule has 20 heavy (non-hydrogen) atoms. The van der Waals surface area contributed by atoms with Crippen molar-refractivity contribution < 1.29 is 9.32 Å². The Hall–Kier alpha value is -1.21. The number of amides is 1. The standard InChI is InChI=1S/C13H14BrN3O2S/c14-9-5-10(20-7-9)12-16-11(19-17-12)6-15-13(18)8-3-1-2-4-8/h5,7-8H,1-4,6H2,(H,15,18). The summed E-state index contributed by atoms with van der Waals surface area (Å²) in [5, 5.41) is 8.76. The average molecular weight is 356 g/mol. The van der Waals surface area contributed by atoms with Gasteiger partial charge in [0.05, 0.1) is 11.4 Å². The maximum Gasteiger partial charge on any atom is 0.246 e. The van der Waals surface area contributed by atoms with Crippen molar-refractivity contribution >= 4 is 33.2 Å². The summed E-state index contributed by atoms with van der Waals surface area (Å²) >= 11 is 4.93. The van der Waals surface area contributed by atoms with Crippen molar-refractivity contribution in [2.45, 2.75) is 32.2 Å². The number of rotatable bonds is 4. The van der Waals surface area contributed by atoms with Crippen LogP contribution in [0.15, 0.2) is 20.4 Å². The number of hydrogen-bond acceptors (Lipinski definition) is 5. The fraction of sp³-hybridized carbons (Fsp3) is 0.462. The highest BCUT2D eigenvalue weighted by Crippen LogP contribution is 2.28. The molecule has 0 aliphatic heterocycles. The first-order chi connectivity index (χ1) is 9.72. The lowest BCUT2D eigenvalue weighted by Crippen LogP contribution is -2.28. The van der Waals surface area contributed by atoms with Crippen LogP contribution >= 0.6 is 27.3 Å². The molecule has 2 aromatic rings. The predicted octanol–water partition coefficient (Wildman–Crippen LogP) is 3.37. The van der Waals surface area contributed by atoms with E-state index in [0.717, 1.165) is 35.0 Å². The van der Waals surface area contributed by atoms with Crippen LogP contribution in [0.2, 0.25) is 0 Å². The highest BCUT2D eigenvalue weighted by Gasteiger charge is 2.22. The first kappa shape index (κ1) is 13.8. The number of halogens is 1. The van der Waals surface area contributed by atoms with Gasteiger partial charge in [-0.25, -0.2) is 0 Å². The van der Waals surface area contributed by atoms with Crippen LogP contribution in [0.1, 0.15) is 31.6 Å². The third-order valence-corrected chi connectivity index (χ3v) is 5.08. The Bertz CT molecular complexity index is 604. The molecule has 1 N–H and O–H groups in total. The van der Waals surface area contributed by atoms with Crippen LogP contribution < -0.4 is 5.32 Å². The zero-order chi connectivity index (χ0) is 13.9. The van der Waals surface area contributed by atoms with E-state index in [-0.39, 0.29) is 11.8 Å². The predicted molar refractivity (Wildman–Crippen MR) is 79.1 cm³/mol. The molecule has 1 saturated carbocycles. The largest absolute Gasteiger partial charge is 0.347 e.